The summed E-state index contributed by atoms with van der Waals surface area (Å²) in [5.41, 5.74) is 1.94. The van der Waals surface area contributed by atoms with Gasteiger partial charge in [0.05, 0.1) is 17.8 Å². The van der Waals surface area contributed by atoms with E-state index in [1.165, 1.54) is 0 Å². The van der Waals surface area contributed by atoms with Gasteiger partial charge >= 0.3 is 5.97 Å². The molecule has 0 saturated carbocycles. The maximum absolute atomic E-state index is 11.9. The van der Waals surface area contributed by atoms with Gasteiger partial charge in [0.25, 0.3) is 0 Å². The van der Waals surface area contributed by atoms with Gasteiger partial charge in [-0.2, -0.15) is 0 Å². The summed E-state index contributed by atoms with van der Waals surface area (Å²) in [4.78, 5) is 24.5. The van der Waals surface area contributed by atoms with Crippen LogP contribution in [0.4, 0.5) is 0 Å². The van der Waals surface area contributed by atoms with E-state index in [2.05, 4.69) is 0 Å². The Morgan fingerprint density at radius 3 is 2.58 bits per heavy atom. The van der Waals surface area contributed by atoms with Gasteiger partial charge in [-0.25, -0.2) is 0 Å². The zero-order chi connectivity index (χ0) is 14.0. The molecule has 1 saturated heterocycles. The minimum atomic E-state index is -0.920. The van der Waals surface area contributed by atoms with Gasteiger partial charge in [-0.1, -0.05) is 29.8 Å². The van der Waals surface area contributed by atoms with Gasteiger partial charge in [0.15, 0.2) is 0 Å². The van der Waals surface area contributed by atoms with Crippen LogP contribution in [0.5, 0.6) is 0 Å². The number of aryl methyl sites for hydroxylation is 1. The molecule has 102 valence electrons. The highest BCUT2D eigenvalue weighted by Crippen LogP contribution is 2.30. The Bertz CT molecular complexity index is 486. The molecule has 2 unspecified atom stereocenters. The second-order valence-electron chi connectivity index (χ2n) is 4.87. The number of carboxylic acids is 1. The molecule has 0 bridgehead atoms. The number of carbonyl (C=O) groups excluding carboxylic acids is 1. The first-order chi connectivity index (χ1) is 8.97. The average Bonchev–Trinajstić information content (AvgIpc) is 2.66. The summed E-state index contributed by atoms with van der Waals surface area (Å²) in [7, 11) is 0. The molecule has 1 amide bonds. The molecule has 0 spiro atoms. The maximum Gasteiger partial charge on any atom is 0.305 e. The van der Waals surface area contributed by atoms with Crippen LogP contribution in [-0.4, -0.2) is 33.8 Å². The third-order valence-corrected chi connectivity index (χ3v) is 3.61. The van der Waals surface area contributed by atoms with E-state index < -0.39 is 12.0 Å². The molecule has 0 aromatic heterocycles. The fourth-order valence-electron chi connectivity index (χ4n) is 2.35. The number of amides is 1. The molecule has 1 heterocycles. The van der Waals surface area contributed by atoms with Gasteiger partial charge in [-0.05, 0) is 12.5 Å². The van der Waals surface area contributed by atoms with E-state index in [0.717, 1.165) is 11.1 Å². The van der Waals surface area contributed by atoms with Gasteiger partial charge in [0, 0.05) is 13.0 Å². The minimum absolute atomic E-state index is 0.0770. The van der Waals surface area contributed by atoms with Crippen molar-refractivity contribution in [3.8, 4) is 0 Å². The molecule has 1 aromatic rings. The highest BCUT2D eigenvalue weighted by molar-refractivity contribution is 6.22. The van der Waals surface area contributed by atoms with E-state index in [9.17, 15) is 9.59 Å². The third-order valence-electron chi connectivity index (χ3n) is 3.32. The van der Waals surface area contributed by atoms with E-state index in [1.807, 2.05) is 31.2 Å². The van der Waals surface area contributed by atoms with Crippen LogP contribution in [0.3, 0.4) is 0 Å². The molecule has 5 heteroatoms. The summed E-state index contributed by atoms with van der Waals surface area (Å²) in [5, 5.41) is 8.81. The van der Waals surface area contributed by atoms with Crippen molar-refractivity contribution in [2.75, 3.05) is 6.54 Å². The average molecular weight is 282 g/mol. The lowest BCUT2D eigenvalue weighted by Crippen LogP contribution is -2.32. The van der Waals surface area contributed by atoms with Crippen molar-refractivity contribution in [3.05, 3.63) is 35.4 Å². The SMILES string of the molecule is Cc1ccc(C(CC(=O)O)N2CC(Cl)CC2=O)cc1. The Kier molecular flexibility index (Phi) is 4.10. The number of rotatable bonds is 4. The summed E-state index contributed by atoms with van der Waals surface area (Å²) in [5.74, 6) is -0.997. The quantitative estimate of drug-likeness (QED) is 0.862. The van der Waals surface area contributed by atoms with Crippen LogP contribution in [0.25, 0.3) is 0 Å². The second-order valence-corrected chi connectivity index (χ2v) is 5.49. The van der Waals surface area contributed by atoms with Crippen molar-refractivity contribution in [2.45, 2.75) is 31.2 Å². The van der Waals surface area contributed by atoms with Crippen molar-refractivity contribution >= 4 is 23.5 Å². The monoisotopic (exact) mass is 281 g/mol. The molecule has 1 aliphatic heterocycles. The molecule has 4 nitrogen and oxygen atoms in total. The number of alkyl halides is 1. The number of likely N-dealkylation sites (tertiary alicyclic amines) is 1. The molecule has 1 aromatic carbocycles. The van der Waals surface area contributed by atoms with E-state index in [0.29, 0.717) is 6.54 Å². The van der Waals surface area contributed by atoms with Crippen LogP contribution in [-0.2, 0) is 9.59 Å². The van der Waals surface area contributed by atoms with Crippen molar-refractivity contribution in [1.82, 2.24) is 4.90 Å². The standard InChI is InChI=1S/C14H16ClNO3/c1-9-2-4-10(5-3-9)12(7-14(18)19)16-8-11(15)6-13(16)17/h2-5,11-12H,6-8H2,1H3,(H,18,19). The lowest BCUT2D eigenvalue weighted by molar-refractivity contribution is -0.139. The summed E-state index contributed by atoms with van der Waals surface area (Å²) in [6.07, 6.45) is 0.182. The van der Waals surface area contributed by atoms with Crippen LogP contribution in [0.15, 0.2) is 24.3 Å². The molecule has 0 radical (unpaired) electrons. The molecular formula is C14H16ClNO3. The fourth-order valence-corrected chi connectivity index (χ4v) is 2.63. The Morgan fingerprint density at radius 2 is 2.11 bits per heavy atom. The summed E-state index contributed by atoms with van der Waals surface area (Å²) >= 11 is 5.99. The number of aliphatic carboxylic acids is 1. The van der Waals surface area contributed by atoms with Gasteiger partial charge in [-0.15, -0.1) is 11.6 Å². The summed E-state index contributed by atoms with van der Waals surface area (Å²) < 4.78 is 0. The number of hydrogen-bond acceptors (Lipinski definition) is 2. The summed E-state index contributed by atoms with van der Waals surface area (Å²) in [6.45, 7) is 2.37. The Labute approximate surface area is 117 Å². The van der Waals surface area contributed by atoms with Crippen molar-refractivity contribution in [1.29, 1.82) is 0 Å². The number of halogens is 1. The normalized spacial score (nSPS) is 20.6. The molecule has 1 aliphatic rings. The first kappa shape index (κ1) is 13.9. The molecule has 1 fully saturated rings. The zero-order valence-corrected chi connectivity index (χ0v) is 11.4. The topological polar surface area (TPSA) is 57.6 Å². The fraction of sp³-hybridized carbons (Fsp3) is 0.429. The number of carbonyl (C=O) groups is 2. The predicted octanol–water partition coefficient (Wildman–Crippen LogP) is 2.35. The lowest BCUT2D eigenvalue weighted by atomic mass is 10.0. The van der Waals surface area contributed by atoms with E-state index in [4.69, 9.17) is 16.7 Å². The van der Waals surface area contributed by atoms with Gasteiger partial charge in [-0.3, -0.25) is 9.59 Å². The number of benzene rings is 1. The Balaban J connectivity index is 2.28. The molecule has 19 heavy (non-hydrogen) atoms. The zero-order valence-electron chi connectivity index (χ0n) is 10.7. The molecule has 0 aliphatic carbocycles. The van der Waals surface area contributed by atoms with Crippen LogP contribution in [0.2, 0.25) is 0 Å². The van der Waals surface area contributed by atoms with Crippen LogP contribution in [0.1, 0.15) is 30.0 Å². The molecule has 2 atom stereocenters. The largest absolute Gasteiger partial charge is 0.481 e. The highest BCUT2D eigenvalue weighted by atomic mass is 35.5. The van der Waals surface area contributed by atoms with Crippen molar-refractivity contribution in [3.63, 3.8) is 0 Å². The summed E-state index contributed by atoms with van der Waals surface area (Å²) in [6, 6.07) is 7.15. The molecular weight excluding hydrogens is 266 g/mol. The molecule has 2 rings (SSSR count). The highest BCUT2D eigenvalue weighted by Gasteiger charge is 2.35. The van der Waals surface area contributed by atoms with Crippen LogP contribution < -0.4 is 0 Å². The minimum Gasteiger partial charge on any atom is -0.481 e. The Hall–Kier alpha value is -1.55. The van der Waals surface area contributed by atoms with E-state index in [1.54, 1.807) is 4.90 Å². The van der Waals surface area contributed by atoms with E-state index in [-0.39, 0.29) is 24.1 Å². The van der Waals surface area contributed by atoms with E-state index >= 15 is 0 Å². The van der Waals surface area contributed by atoms with Crippen molar-refractivity contribution < 1.29 is 14.7 Å². The number of carboxylic acid groups (broad SMARTS) is 1. The number of hydrogen-bond donors (Lipinski definition) is 1. The van der Waals surface area contributed by atoms with Crippen molar-refractivity contribution in [2.24, 2.45) is 0 Å². The first-order valence-corrected chi connectivity index (χ1v) is 6.63. The van der Waals surface area contributed by atoms with Gasteiger partial charge in [0.2, 0.25) is 5.91 Å². The second kappa shape index (κ2) is 5.61. The molecule has 1 N–H and O–H groups in total. The van der Waals surface area contributed by atoms with Gasteiger partial charge < -0.3 is 10.0 Å². The van der Waals surface area contributed by atoms with Crippen LogP contribution in [0, 0.1) is 6.92 Å². The lowest BCUT2D eigenvalue weighted by Gasteiger charge is -2.27. The predicted molar refractivity (Wildman–Crippen MR) is 72.1 cm³/mol. The smallest absolute Gasteiger partial charge is 0.305 e. The maximum atomic E-state index is 11.9. The first-order valence-electron chi connectivity index (χ1n) is 6.19. The van der Waals surface area contributed by atoms with Crippen LogP contribution >= 0.6 is 11.6 Å². The van der Waals surface area contributed by atoms with Gasteiger partial charge in [0.1, 0.15) is 0 Å². The number of nitrogens with zero attached hydrogens (tertiary/aromatic N) is 1. The third kappa shape index (κ3) is 3.26. The Morgan fingerprint density at radius 1 is 1.47 bits per heavy atom.